The summed E-state index contributed by atoms with van der Waals surface area (Å²) < 4.78 is 13.5. The van der Waals surface area contributed by atoms with Crippen LogP contribution in [0.2, 0.25) is 0 Å². The molecule has 1 saturated carbocycles. The molecule has 0 radical (unpaired) electrons. The number of rotatable bonds is 1. The number of nitrogens with two attached hydrogens (primary N) is 1. The molecule has 0 aromatic heterocycles. The minimum atomic E-state index is -0.350. The van der Waals surface area contributed by atoms with Crippen LogP contribution in [0.25, 0.3) is 0 Å². The van der Waals surface area contributed by atoms with Crippen molar-refractivity contribution in [3.8, 4) is 0 Å². The Morgan fingerprint density at radius 1 is 1.37 bits per heavy atom. The molecule has 1 amide bonds. The van der Waals surface area contributed by atoms with Crippen molar-refractivity contribution in [2.75, 3.05) is 13.1 Å². The first-order chi connectivity index (χ1) is 9.06. The van der Waals surface area contributed by atoms with E-state index in [1.807, 2.05) is 4.90 Å². The smallest absolute Gasteiger partial charge is 0.253 e. The topological polar surface area (TPSA) is 46.3 Å². The van der Waals surface area contributed by atoms with Crippen LogP contribution >= 0.6 is 15.9 Å². The van der Waals surface area contributed by atoms with E-state index >= 15 is 0 Å². The molecule has 1 heterocycles. The monoisotopic (exact) mass is 326 g/mol. The largest absolute Gasteiger partial charge is 0.338 e. The van der Waals surface area contributed by atoms with E-state index in [1.165, 1.54) is 12.1 Å². The van der Waals surface area contributed by atoms with Crippen molar-refractivity contribution >= 4 is 21.8 Å². The number of benzene rings is 1. The standard InChI is InChI=1S/C14H16BrFN2O/c15-11-5-8(1-3-12(11)16)14(19)18-6-9-2-4-13(17)10(9)7-18/h1,3,5,9-10,13H,2,4,6-7,17H2. The Balaban J connectivity index is 1.76. The van der Waals surface area contributed by atoms with E-state index in [2.05, 4.69) is 15.9 Å². The van der Waals surface area contributed by atoms with E-state index in [4.69, 9.17) is 5.73 Å². The molecule has 1 aliphatic carbocycles. The third-order valence-corrected chi connectivity index (χ3v) is 4.97. The quantitative estimate of drug-likeness (QED) is 0.861. The van der Waals surface area contributed by atoms with Crippen molar-refractivity contribution in [3.63, 3.8) is 0 Å². The maximum atomic E-state index is 13.2. The lowest BCUT2D eigenvalue weighted by Gasteiger charge is -2.19. The van der Waals surface area contributed by atoms with E-state index in [9.17, 15) is 9.18 Å². The molecule has 1 aromatic rings. The van der Waals surface area contributed by atoms with Gasteiger partial charge in [-0.15, -0.1) is 0 Å². The Bertz CT molecular complexity index is 522. The van der Waals surface area contributed by atoms with E-state index in [1.54, 1.807) is 6.07 Å². The molecule has 2 aliphatic rings. The second-order valence-corrected chi connectivity index (χ2v) is 6.36. The minimum Gasteiger partial charge on any atom is -0.338 e. The molecular weight excluding hydrogens is 311 g/mol. The predicted octanol–water partition coefficient (Wildman–Crippen LogP) is 2.40. The van der Waals surface area contributed by atoms with Gasteiger partial charge in [-0.2, -0.15) is 0 Å². The van der Waals surface area contributed by atoms with E-state index in [0.29, 0.717) is 21.9 Å². The van der Waals surface area contributed by atoms with Crippen molar-refractivity contribution in [1.82, 2.24) is 4.90 Å². The van der Waals surface area contributed by atoms with Gasteiger partial charge in [-0.25, -0.2) is 4.39 Å². The Morgan fingerprint density at radius 3 is 2.84 bits per heavy atom. The van der Waals surface area contributed by atoms with Crippen molar-refractivity contribution < 1.29 is 9.18 Å². The Hall–Kier alpha value is -0.940. The van der Waals surface area contributed by atoms with Crippen LogP contribution in [0.1, 0.15) is 23.2 Å². The normalized spacial score (nSPS) is 29.6. The van der Waals surface area contributed by atoms with Crippen LogP contribution in [0.3, 0.4) is 0 Å². The molecule has 2 fully saturated rings. The fraction of sp³-hybridized carbons (Fsp3) is 0.500. The third kappa shape index (κ3) is 2.30. The molecule has 1 saturated heterocycles. The molecule has 3 atom stereocenters. The van der Waals surface area contributed by atoms with Gasteiger partial charge in [0.1, 0.15) is 5.82 Å². The molecule has 102 valence electrons. The zero-order valence-corrected chi connectivity index (χ0v) is 12.1. The van der Waals surface area contributed by atoms with Gasteiger partial charge >= 0.3 is 0 Å². The summed E-state index contributed by atoms with van der Waals surface area (Å²) in [6.45, 7) is 1.52. The SMILES string of the molecule is NC1CCC2CN(C(=O)c3ccc(F)c(Br)c3)CC12. The van der Waals surface area contributed by atoms with Crippen LogP contribution in [0, 0.1) is 17.7 Å². The van der Waals surface area contributed by atoms with Gasteiger partial charge in [-0.05, 0) is 58.8 Å². The maximum absolute atomic E-state index is 13.2. The number of carbonyl (C=O) groups is 1. The molecule has 5 heteroatoms. The molecule has 3 unspecified atom stereocenters. The molecule has 0 spiro atoms. The van der Waals surface area contributed by atoms with Gasteiger partial charge in [0.15, 0.2) is 0 Å². The van der Waals surface area contributed by atoms with Crippen LogP contribution in [0.5, 0.6) is 0 Å². The van der Waals surface area contributed by atoms with Crippen LogP contribution in [0.4, 0.5) is 4.39 Å². The van der Waals surface area contributed by atoms with Crippen LogP contribution in [0.15, 0.2) is 22.7 Å². The highest BCUT2D eigenvalue weighted by molar-refractivity contribution is 9.10. The van der Waals surface area contributed by atoms with Gasteiger partial charge in [0, 0.05) is 24.7 Å². The summed E-state index contributed by atoms with van der Waals surface area (Å²) in [6, 6.07) is 4.63. The lowest BCUT2D eigenvalue weighted by Crippen LogP contribution is -2.33. The lowest BCUT2D eigenvalue weighted by molar-refractivity contribution is 0.0779. The Kier molecular flexibility index (Phi) is 3.35. The maximum Gasteiger partial charge on any atom is 0.253 e. The Morgan fingerprint density at radius 2 is 2.16 bits per heavy atom. The summed E-state index contributed by atoms with van der Waals surface area (Å²) in [5, 5.41) is 0. The fourth-order valence-corrected chi connectivity index (χ4v) is 3.66. The van der Waals surface area contributed by atoms with Crippen LogP contribution < -0.4 is 5.73 Å². The van der Waals surface area contributed by atoms with Gasteiger partial charge in [0.2, 0.25) is 0 Å². The molecular formula is C14H16BrFN2O. The molecule has 19 heavy (non-hydrogen) atoms. The first-order valence-corrected chi connectivity index (χ1v) is 7.35. The van der Waals surface area contributed by atoms with Gasteiger partial charge in [-0.3, -0.25) is 4.79 Å². The average Bonchev–Trinajstić information content (AvgIpc) is 2.95. The number of hydrogen-bond donors (Lipinski definition) is 1. The second-order valence-electron chi connectivity index (χ2n) is 5.50. The highest BCUT2D eigenvalue weighted by Crippen LogP contribution is 2.37. The highest BCUT2D eigenvalue weighted by atomic mass is 79.9. The van der Waals surface area contributed by atoms with Gasteiger partial charge < -0.3 is 10.6 Å². The summed E-state index contributed by atoms with van der Waals surface area (Å²) in [6.07, 6.45) is 2.18. The third-order valence-electron chi connectivity index (χ3n) is 4.37. The number of nitrogens with zero attached hydrogens (tertiary/aromatic N) is 1. The summed E-state index contributed by atoms with van der Waals surface area (Å²) in [5.74, 6) is 0.606. The van der Waals surface area contributed by atoms with Crippen molar-refractivity contribution in [1.29, 1.82) is 0 Å². The van der Waals surface area contributed by atoms with Crippen molar-refractivity contribution in [2.45, 2.75) is 18.9 Å². The number of hydrogen-bond acceptors (Lipinski definition) is 2. The van der Waals surface area contributed by atoms with E-state index in [-0.39, 0.29) is 17.8 Å². The first kappa shape index (κ1) is 13.1. The summed E-state index contributed by atoms with van der Waals surface area (Å²) in [4.78, 5) is 14.2. The summed E-state index contributed by atoms with van der Waals surface area (Å²) in [5.41, 5.74) is 6.60. The van der Waals surface area contributed by atoms with E-state index < -0.39 is 0 Å². The zero-order chi connectivity index (χ0) is 13.6. The van der Waals surface area contributed by atoms with Crippen molar-refractivity contribution in [3.05, 3.63) is 34.1 Å². The zero-order valence-electron chi connectivity index (χ0n) is 10.5. The first-order valence-electron chi connectivity index (χ1n) is 6.56. The van der Waals surface area contributed by atoms with Gasteiger partial charge in [0.25, 0.3) is 5.91 Å². The number of halogens is 2. The molecule has 2 N–H and O–H groups in total. The summed E-state index contributed by atoms with van der Waals surface area (Å²) >= 11 is 3.12. The average molecular weight is 327 g/mol. The molecule has 3 nitrogen and oxygen atoms in total. The lowest BCUT2D eigenvalue weighted by atomic mass is 9.98. The molecule has 0 bridgehead atoms. The fourth-order valence-electron chi connectivity index (χ4n) is 3.29. The van der Waals surface area contributed by atoms with Gasteiger partial charge in [0.05, 0.1) is 4.47 Å². The number of fused-ring (bicyclic) bond motifs is 1. The van der Waals surface area contributed by atoms with Crippen LogP contribution in [-0.2, 0) is 0 Å². The highest BCUT2D eigenvalue weighted by Gasteiger charge is 2.42. The number of likely N-dealkylation sites (tertiary alicyclic amines) is 1. The minimum absolute atomic E-state index is 0.0256. The summed E-state index contributed by atoms with van der Waals surface area (Å²) in [7, 11) is 0. The number of carbonyl (C=O) groups excluding carboxylic acids is 1. The second kappa shape index (κ2) is 4.87. The predicted molar refractivity (Wildman–Crippen MR) is 74.2 cm³/mol. The van der Waals surface area contributed by atoms with Gasteiger partial charge in [-0.1, -0.05) is 0 Å². The van der Waals surface area contributed by atoms with Crippen LogP contribution in [-0.4, -0.2) is 29.9 Å². The molecule has 1 aromatic carbocycles. The Labute approximate surface area is 120 Å². The van der Waals surface area contributed by atoms with Crippen molar-refractivity contribution in [2.24, 2.45) is 17.6 Å². The molecule has 3 rings (SSSR count). The molecule has 1 aliphatic heterocycles. The number of amides is 1. The van der Waals surface area contributed by atoms with E-state index in [0.717, 1.165) is 25.9 Å².